The average Bonchev–Trinajstić information content (AvgIpc) is 2.39. The SMILES string of the molecule is CC(C)(C)N1CCN(C(=O)CC2CCOCC2)CC1. The van der Waals surface area contributed by atoms with E-state index in [9.17, 15) is 4.79 Å². The van der Waals surface area contributed by atoms with Crippen molar-refractivity contribution in [1.29, 1.82) is 0 Å². The highest BCUT2D eigenvalue weighted by molar-refractivity contribution is 5.76. The first-order valence-electron chi connectivity index (χ1n) is 7.57. The van der Waals surface area contributed by atoms with Crippen molar-refractivity contribution >= 4 is 5.91 Å². The summed E-state index contributed by atoms with van der Waals surface area (Å²) in [5.41, 5.74) is 0.218. The van der Waals surface area contributed by atoms with E-state index in [1.807, 2.05) is 0 Å². The average molecular weight is 268 g/mol. The molecule has 0 spiro atoms. The van der Waals surface area contributed by atoms with Crippen LogP contribution in [0.2, 0.25) is 0 Å². The standard InChI is InChI=1S/C15H28N2O2/c1-15(2,3)17-8-6-16(7-9-17)14(18)12-13-4-10-19-11-5-13/h13H,4-12H2,1-3H3. The van der Waals surface area contributed by atoms with E-state index in [-0.39, 0.29) is 5.54 Å². The second kappa shape index (κ2) is 6.23. The topological polar surface area (TPSA) is 32.8 Å². The molecule has 2 saturated heterocycles. The van der Waals surface area contributed by atoms with Crippen molar-refractivity contribution in [3.63, 3.8) is 0 Å². The zero-order valence-corrected chi connectivity index (χ0v) is 12.7. The molecule has 2 aliphatic rings. The quantitative estimate of drug-likeness (QED) is 0.765. The van der Waals surface area contributed by atoms with Gasteiger partial charge >= 0.3 is 0 Å². The van der Waals surface area contributed by atoms with E-state index in [1.165, 1.54) is 0 Å². The van der Waals surface area contributed by atoms with Gasteiger partial charge in [-0.05, 0) is 39.5 Å². The molecule has 2 fully saturated rings. The molecule has 0 aromatic heterocycles. The molecule has 0 aromatic rings. The molecule has 110 valence electrons. The van der Waals surface area contributed by atoms with Crippen molar-refractivity contribution in [2.45, 2.75) is 45.6 Å². The molecular weight excluding hydrogens is 240 g/mol. The fourth-order valence-electron chi connectivity index (χ4n) is 2.95. The summed E-state index contributed by atoms with van der Waals surface area (Å²) in [7, 11) is 0. The fourth-order valence-corrected chi connectivity index (χ4v) is 2.95. The number of hydrogen-bond acceptors (Lipinski definition) is 3. The van der Waals surface area contributed by atoms with E-state index < -0.39 is 0 Å². The Morgan fingerprint density at radius 1 is 1.11 bits per heavy atom. The molecule has 0 bridgehead atoms. The maximum atomic E-state index is 12.3. The van der Waals surface area contributed by atoms with Crippen molar-refractivity contribution < 1.29 is 9.53 Å². The monoisotopic (exact) mass is 268 g/mol. The highest BCUT2D eigenvalue weighted by atomic mass is 16.5. The van der Waals surface area contributed by atoms with E-state index in [1.54, 1.807) is 0 Å². The van der Waals surface area contributed by atoms with Crippen LogP contribution in [0.1, 0.15) is 40.0 Å². The Labute approximate surface area is 117 Å². The minimum Gasteiger partial charge on any atom is -0.381 e. The number of piperazine rings is 1. The lowest BCUT2D eigenvalue weighted by molar-refractivity contribution is -0.135. The predicted octanol–water partition coefficient (Wildman–Crippen LogP) is 1.75. The van der Waals surface area contributed by atoms with Crippen LogP contribution in [-0.2, 0) is 9.53 Å². The molecule has 0 radical (unpaired) electrons. The van der Waals surface area contributed by atoms with Crippen molar-refractivity contribution in [2.75, 3.05) is 39.4 Å². The third-order valence-corrected chi connectivity index (χ3v) is 4.39. The van der Waals surface area contributed by atoms with E-state index in [0.717, 1.165) is 58.7 Å². The van der Waals surface area contributed by atoms with Crippen LogP contribution in [0, 0.1) is 5.92 Å². The first-order chi connectivity index (χ1) is 8.97. The van der Waals surface area contributed by atoms with E-state index in [2.05, 4.69) is 30.6 Å². The van der Waals surface area contributed by atoms with Gasteiger partial charge < -0.3 is 9.64 Å². The number of amides is 1. The molecule has 19 heavy (non-hydrogen) atoms. The summed E-state index contributed by atoms with van der Waals surface area (Å²) >= 11 is 0. The molecular formula is C15H28N2O2. The normalized spacial score (nSPS) is 23.6. The molecule has 0 saturated carbocycles. The summed E-state index contributed by atoms with van der Waals surface area (Å²) in [5, 5.41) is 0. The zero-order chi connectivity index (χ0) is 13.9. The van der Waals surface area contributed by atoms with Gasteiger partial charge in [0.1, 0.15) is 0 Å². The van der Waals surface area contributed by atoms with Gasteiger partial charge in [0.05, 0.1) is 0 Å². The molecule has 0 aromatic carbocycles. The molecule has 2 heterocycles. The Morgan fingerprint density at radius 2 is 1.68 bits per heavy atom. The maximum absolute atomic E-state index is 12.3. The number of carbonyl (C=O) groups is 1. The maximum Gasteiger partial charge on any atom is 0.222 e. The van der Waals surface area contributed by atoms with Crippen LogP contribution in [0.4, 0.5) is 0 Å². The molecule has 0 atom stereocenters. The lowest BCUT2D eigenvalue weighted by Gasteiger charge is -2.42. The van der Waals surface area contributed by atoms with Crippen LogP contribution in [0.3, 0.4) is 0 Å². The molecule has 0 unspecified atom stereocenters. The van der Waals surface area contributed by atoms with Crippen LogP contribution >= 0.6 is 0 Å². The van der Waals surface area contributed by atoms with Gasteiger partial charge in [0.2, 0.25) is 5.91 Å². The van der Waals surface area contributed by atoms with Crippen molar-refractivity contribution in [3.05, 3.63) is 0 Å². The van der Waals surface area contributed by atoms with Gasteiger partial charge in [-0.15, -0.1) is 0 Å². The Balaban J connectivity index is 1.76. The number of hydrogen-bond donors (Lipinski definition) is 0. The van der Waals surface area contributed by atoms with Gasteiger partial charge in [-0.25, -0.2) is 0 Å². The third-order valence-electron chi connectivity index (χ3n) is 4.39. The van der Waals surface area contributed by atoms with Crippen LogP contribution in [0.25, 0.3) is 0 Å². The summed E-state index contributed by atoms with van der Waals surface area (Å²) in [6, 6.07) is 0. The van der Waals surface area contributed by atoms with Gasteiger partial charge in [0.15, 0.2) is 0 Å². The number of carbonyl (C=O) groups excluding carboxylic acids is 1. The summed E-state index contributed by atoms with van der Waals surface area (Å²) in [6.07, 6.45) is 2.82. The van der Waals surface area contributed by atoms with Gasteiger partial charge in [0.25, 0.3) is 0 Å². The third kappa shape index (κ3) is 4.18. The van der Waals surface area contributed by atoms with Crippen LogP contribution in [0.5, 0.6) is 0 Å². The van der Waals surface area contributed by atoms with Crippen molar-refractivity contribution in [2.24, 2.45) is 5.92 Å². The first kappa shape index (κ1) is 14.8. The summed E-state index contributed by atoms with van der Waals surface area (Å²) in [4.78, 5) is 16.8. The van der Waals surface area contributed by atoms with Crippen molar-refractivity contribution in [3.8, 4) is 0 Å². The minimum atomic E-state index is 0.218. The summed E-state index contributed by atoms with van der Waals surface area (Å²) in [5.74, 6) is 0.891. The molecule has 2 rings (SSSR count). The van der Waals surface area contributed by atoms with E-state index >= 15 is 0 Å². The predicted molar refractivity (Wildman–Crippen MR) is 76.1 cm³/mol. The highest BCUT2D eigenvalue weighted by Crippen LogP contribution is 2.21. The Kier molecular flexibility index (Phi) is 4.85. The Morgan fingerprint density at radius 3 is 2.21 bits per heavy atom. The second-order valence-electron chi connectivity index (χ2n) is 6.80. The van der Waals surface area contributed by atoms with Gasteiger partial charge in [-0.2, -0.15) is 0 Å². The second-order valence-corrected chi connectivity index (χ2v) is 6.80. The van der Waals surface area contributed by atoms with Crippen LogP contribution in [-0.4, -0.2) is 60.6 Å². The smallest absolute Gasteiger partial charge is 0.222 e. The number of rotatable bonds is 2. The molecule has 4 heteroatoms. The lowest BCUT2D eigenvalue weighted by atomic mass is 9.95. The van der Waals surface area contributed by atoms with Gasteiger partial charge in [0, 0.05) is 51.4 Å². The summed E-state index contributed by atoms with van der Waals surface area (Å²) < 4.78 is 5.35. The highest BCUT2D eigenvalue weighted by Gasteiger charge is 2.28. The Hall–Kier alpha value is -0.610. The largest absolute Gasteiger partial charge is 0.381 e. The van der Waals surface area contributed by atoms with Crippen LogP contribution < -0.4 is 0 Å². The van der Waals surface area contributed by atoms with Gasteiger partial charge in [-0.3, -0.25) is 9.69 Å². The zero-order valence-electron chi connectivity index (χ0n) is 12.7. The first-order valence-corrected chi connectivity index (χ1v) is 7.57. The Bertz CT molecular complexity index is 298. The number of ether oxygens (including phenoxy) is 1. The van der Waals surface area contributed by atoms with Crippen molar-refractivity contribution in [1.82, 2.24) is 9.80 Å². The molecule has 0 aliphatic carbocycles. The lowest BCUT2D eigenvalue weighted by Crippen LogP contribution is -2.54. The molecule has 2 aliphatic heterocycles. The van der Waals surface area contributed by atoms with E-state index in [0.29, 0.717) is 11.8 Å². The van der Waals surface area contributed by atoms with Gasteiger partial charge in [-0.1, -0.05) is 0 Å². The molecule has 4 nitrogen and oxygen atoms in total. The summed E-state index contributed by atoms with van der Waals surface area (Å²) in [6.45, 7) is 12.2. The number of nitrogens with zero attached hydrogens (tertiary/aromatic N) is 2. The van der Waals surface area contributed by atoms with E-state index in [4.69, 9.17) is 4.74 Å². The van der Waals surface area contributed by atoms with Crippen LogP contribution in [0.15, 0.2) is 0 Å². The molecule has 0 N–H and O–H groups in total. The fraction of sp³-hybridized carbons (Fsp3) is 0.933. The molecule has 1 amide bonds. The minimum absolute atomic E-state index is 0.218.